The van der Waals surface area contributed by atoms with Gasteiger partial charge in [0.05, 0.1) is 12.1 Å². The van der Waals surface area contributed by atoms with E-state index in [1.807, 2.05) is 23.6 Å². The van der Waals surface area contributed by atoms with Crippen LogP contribution in [0.1, 0.15) is 16.8 Å². The van der Waals surface area contributed by atoms with Crippen LogP contribution in [0.25, 0.3) is 11.2 Å². The van der Waals surface area contributed by atoms with Gasteiger partial charge in [0.25, 0.3) is 0 Å². The highest BCUT2D eigenvalue weighted by Crippen LogP contribution is 2.15. The molecule has 4 heteroatoms. The zero-order chi connectivity index (χ0) is 13.4. The Morgan fingerprint density at radius 3 is 2.58 bits per heavy atom. The standard InChI is InChI=1S/C15H15N3S/c1-10-3-6-12(7-4-10)9-18-14-13(17-15(18)19)8-5-11(2)16-14/h3-8H,9H2,1-2H3,(H,17,19). The van der Waals surface area contributed by atoms with Crippen LogP contribution in [0.2, 0.25) is 0 Å². The lowest BCUT2D eigenvalue weighted by molar-refractivity contribution is 0.799. The molecule has 1 aromatic carbocycles. The molecule has 3 nitrogen and oxygen atoms in total. The molecule has 1 N–H and O–H groups in total. The molecular formula is C15H15N3S. The number of pyridine rings is 1. The molecule has 0 bridgehead atoms. The number of benzene rings is 1. The van der Waals surface area contributed by atoms with Gasteiger partial charge in [0.2, 0.25) is 0 Å². The zero-order valence-corrected chi connectivity index (χ0v) is 11.8. The summed E-state index contributed by atoms with van der Waals surface area (Å²) in [5.41, 5.74) is 5.40. The van der Waals surface area contributed by atoms with Crippen molar-refractivity contribution in [3.8, 4) is 0 Å². The number of hydrogen-bond acceptors (Lipinski definition) is 2. The molecule has 0 unspecified atom stereocenters. The number of H-pyrrole nitrogens is 1. The summed E-state index contributed by atoms with van der Waals surface area (Å²) in [5.74, 6) is 0. The number of aryl methyl sites for hydroxylation is 2. The highest BCUT2D eigenvalue weighted by Gasteiger charge is 2.06. The van der Waals surface area contributed by atoms with Gasteiger partial charge in [-0.15, -0.1) is 0 Å². The van der Waals surface area contributed by atoms with Crippen molar-refractivity contribution in [3.63, 3.8) is 0 Å². The second-order valence-electron chi connectivity index (χ2n) is 4.83. The number of imidazole rings is 1. The summed E-state index contributed by atoms with van der Waals surface area (Å²) in [6.45, 7) is 4.83. The molecule has 0 saturated heterocycles. The van der Waals surface area contributed by atoms with Crippen molar-refractivity contribution in [1.29, 1.82) is 0 Å². The third-order valence-corrected chi connectivity index (χ3v) is 3.54. The minimum absolute atomic E-state index is 0.716. The Morgan fingerprint density at radius 2 is 1.84 bits per heavy atom. The molecule has 0 radical (unpaired) electrons. The molecule has 19 heavy (non-hydrogen) atoms. The fourth-order valence-electron chi connectivity index (χ4n) is 2.15. The van der Waals surface area contributed by atoms with Crippen molar-refractivity contribution in [2.45, 2.75) is 20.4 Å². The van der Waals surface area contributed by atoms with Crippen LogP contribution >= 0.6 is 12.2 Å². The molecule has 0 fully saturated rings. The first-order chi connectivity index (χ1) is 9.13. The van der Waals surface area contributed by atoms with Crippen LogP contribution in [-0.4, -0.2) is 14.5 Å². The van der Waals surface area contributed by atoms with E-state index in [1.165, 1.54) is 11.1 Å². The van der Waals surface area contributed by atoms with E-state index in [0.717, 1.165) is 23.4 Å². The van der Waals surface area contributed by atoms with E-state index in [4.69, 9.17) is 12.2 Å². The van der Waals surface area contributed by atoms with Crippen molar-refractivity contribution in [3.05, 3.63) is 58.0 Å². The normalized spacial score (nSPS) is 11.1. The van der Waals surface area contributed by atoms with Crippen LogP contribution in [-0.2, 0) is 6.54 Å². The predicted molar refractivity (Wildman–Crippen MR) is 79.9 cm³/mol. The van der Waals surface area contributed by atoms with Crippen molar-refractivity contribution in [2.75, 3.05) is 0 Å². The summed E-state index contributed by atoms with van der Waals surface area (Å²) in [7, 11) is 0. The largest absolute Gasteiger partial charge is 0.329 e. The lowest BCUT2D eigenvalue weighted by atomic mass is 10.1. The number of aromatic amines is 1. The van der Waals surface area contributed by atoms with Crippen LogP contribution in [0.4, 0.5) is 0 Å². The highest BCUT2D eigenvalue weighted by molar-refractivity contribution is 7.71. The van der Waals surface area contributed by atoms with E-state index in [0.29, 0.717) is 4.77 Å². The zero-order valence-electron chi connectivity index (χ0n) is 11.0. The predicted octanol–water partition coefficient (Wildman–Crippen LogP) is 3.76. The van der Waals surface area contributed by atoms with Gasteiger partial charge in [0.15, 0.2) is 10.4 Å². The second-order valence-corrected chi connectivity index (χ2v) is 5.21. The molecule has 0 saturated carbocycles. The Kier molecular flexibility index (Phi) is 2.95. The van der Waals surface area contributed by atoms with E-state index < -0.39 is 0 Å². The van der Waals surface area contributed by atoms with Gasteiger partial charge in [-0.1, -0.05) is 29.8 Å². The summed E-state index contributed by atoms with van der Waals surface area (Å²) in [5, 5.41) is 0. The Labute approximate surface area is 116 Å². The van der Waals surface area contributed by atoms with Crippen LogP contribution < -0.4 is 0 Å². The summed E-state index contributed by atoms with van der Waals surface area (Å²) in [6, 6.07) is 12.5. The van der Waals surface area contributed by atoms with Gasteiger partial charge < -0.3 is 4.98 Å². The van der Waals surface area contributed by atoms with E-state index in [9.17, 15) is 0 Å². The van der Waals surface area contributed by atoms with E-state index in [2.05, 4.69) is 41.2 Å². The number of rotatable bonds is 2. The van der Waals surface area contributed by atoms with Gasteiger partial charge >= 0.3 is 0 Å². The third-order valence-electron chi connectivity index (χ3n) is 3.22. The topological polar surface area (TPSA) is 33.6 Å². The summed E-state index contributed by atoms with van der Waals surface area (Å²) < 4.78 is 2.76. The average molecular weight is 269 g/mol. The Morgan fingerprint density at radius 1 is 1.11 bits per heavy atom. The maximum Gasteiger partial charge on any atom is 0.179 e. The second kappa shape index (κ2) is 4.63. The first-order valence-electron chi connectivity index (χ1n) is 6.25. The highest BCUT2D eigenvalue weighted by atomic mass is 32.1. The molecule has 2 aromatic heterocycles. The number of hydrogen-bond donors (Lipinski definition) is 1. The van der Waals surface area contributed by atoms with E-state index in [-0.39, 0.29) is 0 Å². The smallest absolute Gasteiger partial charge is 0.179 e. The minimum atomic E-state index is 0.716. The van der Waals surface area contributed by atoms with Crippen LogP contribution in [0.3, 0.4) is 0 Å². The fraction of sp³-hybridized carbons (Fsp3) is 0.200. The number of aromatic nitrogens is 3. The third kappa shape index (κ3) is 2.31. The number of nitrogens with one attached hydrogen (secondary N) is 1. The summed E-state index contributed by atoms with van der Waals surface area (Å²) in [6.07, 6.45) is 0. The first kappa shape index (κ1) is 12.1. The number of nitrogens with zero attached hydrogens (tertiary/aromatic N) is 2. The Balaban J connectivity index is 2.09. The van der Waals surface area contributed by atoms with Gasteiger partial charge in [-0.05, 0) is 43.8 Å². The quantitative estimate of drug-likeness (QED) is 0.719. The maximum atomic E-state index is 5.39. The van der Waals surface area contributed by atoms with Gasteiger partial charge in [-0.3, -0.25) is 4.57 Å². The van der Waals surface area contributed by atoms with Crippen LogP contribution in [0, 0.1) is 18.6 Å². The van der Waals surface area contributed by atoms with Crippen molar-refractivity contribution >= 4 is 23.4 Å². The molecule has 2 heterocycles. The maximum absolute atomic E-state index is 5.39. The lowest BCUT2D eigenvalue weighted by Gasteiger charge is -2.05. The molecule has 0 aliphatic rings. The van der Waals surface area contributed by atoms with Gasteiger partial charge in [0.1, 0.15) is 0 Å². The molecule has 3 aromatic rings. The summed E-state index contributed by atoms with van der Waals surface area (Å²) in [4.78, 5) is 7.78. The Bertz CT molecular complexity index is 781. The van der Waals surface area contributed by atoms with Crippen molar-refractivity contribution < 1.29 is 0 Å². The van der Waals surface area contributed by atoms with Crippen molar-refractivity contribution in [1.82, 2.24) is 14.5 Å². The first-order valence-corrected chi connectivity index (χ1v) is 6.66. The van der Waals surface area contributed by atoms with Crippen LogP contribution in [0.15, 0.2) is 36.4 Å². The molecule has 3 rings (SSSR count). The van der Waals surface area contributed by atoms with Crippen LogP contribution in [0.5, 0.6) is 0 Å². The van der Waals surface area contributed by atoms with E-state index in [1.54, 1.807) is 0 Å². The molecule has 0 aliphatic carbocycles. The Hall–Kier alpha value is -1.94. The lowest BCUT2D eigenvalue weighted by Crippen LogP contribution is -2.01. The van der Waals surface area contributed by atoms with E-state index >= 15 is 0 Å². The van der Waals surface area contributed by atoms with Gasteiger partial charge in [0, 0.05) is 5.69 Å². The molecule has 0 atom stereocenters. The summed E-state index contributed by atoms with van der Waals surface area (Å²) >= 11 is 5.39. The molecular weight excluding hydrogens is 254 g/mol. The SMILES string of the molecule is Cc1ccc(Cn2c(=S)[nH]c3ccc(C)nc32)cc1. The average Bonchev–Trinajstić information content (AvgIpc) is 2.69. The minimum Gasteiger partial charge on any atom is -0.329 e. The number of fused-ring (bicyclic) bond motifs is 1. The van der Waals surface area contributed by atoms with Crippen molar-refractivity contribution in [2.24, 2.45) is 0 Å². The monoisotopic (exact) mass is 269 g/mol. The molecule has 0 amide bonds. The molecule has 96 valence electrons. The molecule has 0 aliphatic heterocycles. The van der Waals surface area contributed by atoms with Gasteiger partial charge in [-0.25, -0.2) is 4.98 Å². The van der Waals surface area contributed by atoms with Gasteiger partial charge in [-0.2, -0.15) is 0 Å². The molecule has 0 spiro atoms. The fourth-order valence-corrected chi connectivity index (χ4v) is 2.41.